The van der Waals surface area contributed by atoms with Crippen molar-refractivity contribution in [2.24, 2.45) is 0 Å². The molecule has 2 N–H and O–H groups in total. The molecule has 0 radical (unpaired) electrons. The SMILES string of the molecule is Cc1nnc(NC(=O)CC(NC(=O)c2ccccc2)c2ccccc2)s1. The summed E-state index contributed by atoms with van der Waals surface area (Å²) in [7, 11) is 0. The first kappa shape index (κ1) is 17.8. The number of hydrogen-bond donors (Lipinski definition) is 2. The molecule has 26 heavy (non-hydrogen) atoms. The number of nitrogens with zero attached hydrogens (tertiary/aromatic N) is 2. The fourth-order valence-electron chi connectivity index (χ4n) is 2.47. The molecule has 1 unspecified atom stereocenters. The number of nitrogens with one attached hydrogen (secondary N) is 2. The standard InChI is InChI=1S/C19H18N4O2S/c1-13-22-23-19(26-13)21-17(24)12-16(14-8-4-2-5-9-14)20-18(25)15-10-6-3-7-11-15/h2-11,16H,12H2,1H3,(H,20,25)(H,21,23,24). The fraction of sp³-hybridized carbons (Fsp3) is 0.158. The highest BCUT2D eigenvalue weighted by molar-refractivity contribution is 7.15. The molecule has 6 nitrogen and oxygen atoms in total. The summed E-state index contributed by atoms with van der Waals surface area (Å²) >= 11 is 1.31. The highest BCUT2D eigenvalue weighted by Gasteiger charge is 2.20. The molecular weight excluding hydrogens is 348 g/mol. The Labute approximate surface area is 155 Å². The lowest BCUT2D eigenvalue weighted by Gasteiger charge is -2.18. The molecule has 0 spiro atoms. The summed E-state index contributed by atoms with van der Waals surface area (Å²) in [6, 6.07) is 17.9. The monoisotopic (exact) mass is 366 g/mol. The number of hydrogen-bond acceptors (Lipinski definition) is 5. The van der Waals surface area contributed by atoms with Gasteiger partial charge in [-0.3, -0.25) is 9.59 Å². The van der Waals surface area contributed by atoms with Gasteiger partial charge >= 0.3 is 0 Å². The van der Waals surface area contributed by atoms with E-state index in [-0.39, 0.29) is 18.2 Å². The van der Waals surface area contributed by atoms with Crippen molar-refractivity contribution in [3.8, 4) is 0 Å². The molecule has 132 valence electrons. The van der Waals surface area contributed by atoms with Crippen molar-refractivity contribution in [3.63, 3.8) is 0 Å². The Morgan fingerprint density at radius 2 is 1.65 bits per heavy atom. The Morgan fingerprint density at radius 3 is 2.27 bits per heavy atom. The van der Waals surface area contributed by atoms with Crippen molar-refractivity contribution in [1.29, 1.82) is 0 Å². The second-order valence-electron chi connectivity index (χ2n) is 5.68. The maximum Gasteiger partial charge on any atom is 0.251 e. The molecule has 2 amide bonds. The van der Waals surface area contributed by atoms with E-state index in [0.29, 0.717) is 10.7 Å². The highest BCUT2D eigenvalue weighted by atomic mass is 32.1. The summed E-state index contributed by atoms with van der Waals surface area (Å²) in [6.45, 7) is 1.82. The van der Waals surface area contributed by atoms with Gasteiger partial charge in [0.25, 0.3) is 5.91 Å². The molecule has 0 bridgehead atoms. The molecule has 1 heterocycles. The molecule has 1 aromatic heterocycles. The lowest BCUT2D eigenvalue weighted by atomic mass is 10.0. The van der Waals surface area contributed by atoms with Crippen LogP contribution in [0, 0.1) is 6.92 Å². The van der Waals surface area contributed by atoms with E-state index in [0.717, 1.165) is 10.6 Å². The first-order valence-electron chi connectivity index (χ1n) is 8.12. The van der Waals surface area contributed by atoms with E-state index in [2.05, 4.69) is 20.8 Å². The Kier molecular flexibility index (Phi) is 5.70. The Balaban J connectivity index is 1.73. The van der Waals surface area contributed by atoms with Crippen molar-refractivity contribution in [1.82, 2.24) is 15.5 Å². The molecular formula is C19H18N4O2S. The van der Waals surface area contributed by atoms with Crippen LogP contribution in [0.4, 0.5) is 5.13 Å². The number of amides is 2. The largest absolute Gasteiger partial charge is 0.345 e. The summed E-state index contributed by atoms with van der Waals surface area (Å²) in [6.07, 6.45) is 0.0984. The lowest BCUT2D eigenvalue weighted by molar-refractivity contribution is -0.116. The number of rotatable bonds is 6. The van der Waals surface area contributed by atoms with Crippen LogP contribution in [0.25, 0.3) is 0 Å². The van der Waals surface area contributed by atoms with Crippen molar-refractivity contribution < 1.29 is 9.59 Å². The van der Waals surface area contributed by atoms with Crippen molar-refractivity contribution in [2.45, 2.75) is 19.4 Å². The maximum atomic E-state index is 12.5. The number of aromatic nitrogens is 2. The smallest absolute Gasteiger partial charge is 0.251 e. The number of carbonyl (C=O) groups excluding carboxylic acids is 2. The molecule has 0 saturated carbocycles. The molecule has 1 atom stereocenters. The van der Waals surface area contributed by atoms with E-state index < -0.39 is 6.04 Å². The van der Waals surface area contributed by atoms with Crippen LogP contribution < -0.4 is 10.6 Å². The van der Waals surface area contributed by atoms with Gasteiger partial charge in [-0.25, -0.2) is 0 Å². The van der Waals surface area contributed by atoms with E-state index in [9.17, 15) is 9.59 Å². The van der Waals surface area contributed by atoms with E-state index >= 15 is 0 Å². The number of aryl methyl sites for hydroxylation is 1. The summed E-state index contributed by atoms with van der Waals surface area (Å²) in [5.74, 6) is -0.456. The van der Waals surface area contributed by atoms with Crippen molar-refractivity contribution in [3.05, 3.63) is 76.8 Å². The zero-order chi connectivity index (χ0) is 18.4. The topological polar surface area (TPSA) is 84.0 Å². The molecule has 0 aliphatic rings. The Hall–Kier alpha value is -3.06. The van der Waals surface area contributed by atoms with Crippen LogP contribution in [-0.2, 0) is 4.79 Å². The van der Waals surface area contributed by atoms with E-state index in [4.69, 9.17) is 0 Å². The summed E-state index contributed by atoms with van der Waals surface area (Å²) in [5, 5.41) is 14.7. The number of anilines is 1. The Bertz CT molecular complexity index is 881. The van der Waals surface area contributed by atoms with Crippen LogP contribution in [0.3, 0.4) is 0 Å². The molecule has 0 fully saturated rings. The van der Waals surface area contributed by atoms with Gasteiger partial charge in [0.05, 0.1) is 12.5 Å². The average Bonchev–Trinajstić information content (AvgIpc) is 3.07. The molecule has 0 saturated heterocycles. The van der Waals surface area contributed by atoms with Gasteiger partial charge in [0.15, 0.2) is 0 Å². The quantitative estimate of drug-likeness (QED) is 0.701. The third-order valence-electron chi connectivity index (χ3n) is 3.71. The first-order valence-corrected chi connectivity index (χ1v) is 8.94. The minimum atomic E-state index is -0.446. The summed E-state index contributed by atoms with van der Waals surface area (Å²) in [4.78, 5) is 24.9. The zero-order valence-electron chi connectivity index (χ0n) is 14.2. The fourth-order valence-corrected chi connectivity index (χ4v) is 3.08. The minimum Gasteiger partial charge on any atom is -0.345 e. The number of carbonyl (C=O) groups is 2. The predicted molar refractivity (Wildman–Crippen MR) is 101 cm³/mol. The van der Waals surface area contributed by atoms with Crippen LogP contribution in [0.2, 0.25) is 0 Å². The second kappa shape index (κ2) is 8.35. The lowest BCUT2D eigenvalue weighted by Crippen LogP contribution is -2.31. The molecule has 0 aliphatic carbocycles. The van der Waals surface area contributed by atoms with Gasteiger partial charge in [0.1, 0.15) is 5.01 Å². The average molecular weight is 366 g/mol. The van der Waals surface area contributed by atoms with Gasteiger partial charge in [-0.1, -0.05) is 59.9 Å². The normalized spacial score (nSPS) is 11.6. The summed E-state index contributed by atoms with van der Waals surface area (Å²) in [5.41, 5.74) is 1.41. The molecule has 3 aromatic rings. The molecule has 2 aromatic carbocycles. The van der Waals surface area contributed by atoms with Gasteiger partial charge in [0.2, 0.25) is 11.0 Å². The highest BCUT2D eigenvalue weighted by Crippen LogP contribution is 2.20. The zero-order valence-corrected chi connectivity index (χ0v) is 15.0. The van der Waals surface area contributed by atoms with Crippen LogP contribution in [0.5, 0.6) is 0 Å². The van der Waals surface area contributed by atoms with Crippen LogP contribution in [0.15, 0.2) is 60.7 Å². The van der Waals surface area contributed by atoms with Gasteiger partial charge in [-0.2, -0.15) is 0 Å². The van der Waals surface area contributed by atoms with E-state index in [1.165, 1.54) is 11.3 Å². The van der Waals surface area contributed by atoms with E-state index in [1.54, 1.807) is 24.3 Å². The predicted octanol–water partition coefficient (Wildman–Crippen LogP) is 3.35. The van der Waals surface area contributed by atoms with Gasteiger partial charge in [0, 0.05) is 5.56 Å². The third-order valence-corrected chi connectivity index (χ3v) is 4.46. The minimum absolute atomic E-state index is 0.0984. The molecule has 3 rings (SSSR count). The van der Waals surface area contributed by atoms with Crippen LogP contribution >= 0.6 is 11.3 Å². The van der Waals surface area contributed by atoms with Crippen LogP contribution in [-0.4, -0.2) is 22.0 Å². The van der Waals surface area contributed by atoms with Crippen molar-refractivity contribution in [2.75, 3.05) is 5.32 Å². The first-order chi connectivity index (χ1) is 12.6. The van der Waals surface area contributed by atoms with Gasteiger partial charge in [-0.15, -0.1) is 10.2 Å². The number of benzene rings is 2. The van der Waals surface area contributed by atoms with E-state index in [1.807, 2.05) is 43.3 Å². The second-order valence-corrected chi connectivity index (χ2v) is 6.86. The molecule has 0 aliphatic heterocycles. The van der Waals surface area contributed by atoms with Gasteiger partial charge in [-0.05, 0) is 24.6 Å². The molecule has 7 heteroatoms. The maximum absolute atomic E-state index is 12.5. The summed E-state index contributed by atoms with van der Waals surface area (Å²) < 4.78 is 0. The van der Waals surface area contributed by atoms with Gasteiger partial charge < -0.3 is 10.6 Å². The Morgan fingerprint density at radius 1 is 1.00 bits per heavy atom. The van der Waals surface area contributed by atoms with Crippen LogP contribution in [0.1, 0.15) is 33.4 Å². The third kappa shape index (κ3) is 4.73. The van der Waals surface area contributed by atoms with Crippen molar-refractivity contribution >= 4 is 28.3 Å².